The van der Waals surface area contributed by atoms with E-state index in [1.807, 2.05) is 48.5 Å². The monoisotopic (exact) mass is 285 g/mol. The second kappa shape index (κ2) is 8.27. The fraction of sp³-hybridized carbons (Fsp3) is 0.188. The average Bonchev–Trinajstić information content (AvgIpc) is 2.52. The van der Waals surface area contributed by atoms with E-state index in [0.717, 1.165) is 17.9 Å². The largest absolute Gasteiger partial charge is 0.370 e. The van der Waals surface area contributed by atoms with Gasteiger partial charge in [-0.15, -0.1) is 11.8 Å². The first-order valence-corrected chi connectivity index (χ1v) is 7.59. The summed E-state index contributed by atoms with van der Waals surface area (Å²) in [5.41, 5.74) is 6.99. The van der Waals surface area contributed by atoms with Crippen molar-refractivity contribution in [2.24, 2.45) is 10.7 Å². The topological polar surface area (TPSA) is 50.4 Å². The molecule has 2 rings (SSSR count). The lowest BCUT2D eigenvalue weighted by molar-refractivity contribution is 0.932. The Bertz CT molecular complexity index is 526. The van der Waals surface area contributed by atoms with Crippen LogP contribution >= 0.6 is 11.8 Å². The van der Waals surface area contributed by atoms with Gasteiger partial charge in [-0.05, 0) is 17.7 Å². The van der Waals surface area contributed by atoms with Gasteiger partial charge in [0, 0.05) is 17.2 Å². The SMILES string of the molecule is NC(=NCc1ccccc1)NCCSc1ccccc1. The second-order valence-electron chi connectivity index (χ2n) is 4.28. The first kappa shape index (κ1) is 14.5. The van der Waals surface area contributed by atoms with Crippen molar-refractivity contribution in [2.45, 2.75) is 11.4 Å². The predicted octanol–water partition coefficient (Wildman–Crippen LogP) is 2.88. The van der Waals surface area contributed by atoms with E-state index in [1.165, 1.54) is 4.90 Å². The van der Waals surface area contributed by atoms with Crippen LogP contribution in [0, 0.1) is 0 Å². The Hall–Kier alpha value is -1.94. The summed E-state index contributed by atoms with van der Waals surface area (Å²) in [5.74, 6) is 1.47. The van der Waals surface area contributed by atoms with Gasteiger partial charge in [0.25, 0.3) is 0 Å². The van der Waals surface area contributed by atoms with Crippen LogP contribution in [0.3, 0.4) is 0 Å². The quantitative estimate of drug-likeness (QED) is 0.371. The second-order valence-corrected chi connectivity index (χ2v) is 5.44. The molecular weight excluding hydrogens is 266 g/mol. The molecule has 2 aromatic carbocycles. The van der Waals surface area contributed by atoms with Gasteiger partial charge in [-0.2, -0.15) is 0 Å². The van der Waals surface area contributed by atoms with Gasteiger partial charge in [-0.1, -0.05) is 48.5 Å². The van der Waals surface area contributed by atoms with Crippen molar-refractivity contribution in [3.63, 3.8) is 0 Å². The van der Waals surface area contributed by atoms with Gasteiger partial charge in [0.2, 0.25) is 0 Å². The molecule has 0 aromatic heterocycles. The number of rotatable bonds is 6. The van der Waals surface area contributed by atoms with Crippen LogP contribution in [0.2, 0.25) is 0 Å². The summed E-state index contributed by atoms with van der Waals surface area (Å²) in [6, 6.07) is 20.4. The highest BCUT2D eigenvalue weighted by molar-refractivity contribution is 7.99. The van der Waals surface area contributed by atoms with Gasteiger partial charge in [-0.3, -0.25) is 0 Å². The van der Waals surface area contributed by atoms with Crippen molar-refractivity contribution < 1.29 is 0 Å². The highest BCUT2D eigenvalue weighted by Gasteiger charge is 1.95. The minimum Gasteiger partial charge on any atom is -0.370 e. The van der Waals surface area contributed by atoms with E-state index in [1.54, 1.807) is 11.8 Å². The highest BCUT2D eigenvalue weighted by Crippen LogP contribution is 2.15. The van der Waals surface area contributed by atoms with E-state index in [-0.39, 0.29) is 0 Å². The molecule has 0 heterocycles. The maximum atomic E-state index is 5.83. The van der Waals surface area contributed by atoms with E-state index in [9.17, 15) is 0 Å². The minimum absolute atomic E-state index is 0.502. The van der Waals surface area contributed by atoms with Crippen LogP contribution in [0.15, 0.2) is 70.6 Å². The molecular formula is C16H19N3S. The molecule has 2 aromatic rings. The smallest absolute Gasteiger partial charge is 0.188 e. The van der Waals surface area contributed by atoms with Gasteiger partial charge < -0.3 is 11.1 Å². The molecule has 0 fully saturated rings. The van der Waals surface area contributed by atoms with Crippen molar-refractivity contribution >= 4 is 17.7 Å². The molecule has 20 heavy (non-hydrogen) atoms. The van der Waals surface area contributed by atoms with Crippen LogP contribution in [-0.4, -0.2) is 18.3 Å². The van der Waals surface area contributed by atoms with Crippen molar-refractivity contribution in [1.82, 2.24) is 5.32 Å². The first-order chi connectivity index (χ1) is 9.84. The van der Waals surface area contributed by atoms with E-state index in [4.69, 9.17) is 5.73 Å². The Balaban J connectivity index is 1.66. The van der Waals surface area contributed by atoms with Crippen molar-refractivity contribution in [3.8, 4) is 0 Å². The van der Waals surface area contributed by atoms with Crippen LogP contribution < -0.4 is 11.1 Å². The summed E-state index contributed by atoms with van der Waals surface area (Å²) in [6.45, 7) is 1.43. The maximum Gasteiger partial charge on any atom is 0.188 e. The third-order valence-electron chi connectivity index (χ3n) is 2.69. The van der Waals surface area contributed by atoms with Gasteiger partial charge >= 0.3 is 0 Å². The van der Waals surface area contributed by atoms with Crippen molar-refractivity contribution in [2.75, 3.05) is 12.3 Å². The number of nitrogens with two attached hydrogens (primary N) is 1. The van der Waals surface area contributed by atoms with Gasteiger partial charge in [0.1, 0.15) is 0 Å². The summed E-state index contributed by atoms with van der Waals surface area (Å²) in [6.07, 6.45) is 0. The number of nitrogens with zero attached hydrogens (tertiary/aromatic N) is 1. The Kier molecular flexibility index (Phi) is 5.99. The zero-order chi connectivity index (χ0) is 14.0. The molecule has 0 spiro atoms. The third kappa shape index (κ3) is 5.36. The number of aliphatic imine (C=N–C) groups is 1. The minimum atomic E-state index is 0.502. The Morgan fingerprint density at radius 1 is 1.00 bits per heavy atom. The van der Waals surface area contributed by atoms with Crippen LogP contribution in [-0.2, 0) is 6.54 Å². The van der Waals surface area contributed by atoms with E-state index in [0.29, 0.717) is 12.5 Å². The zero-order valence-electron chi connectivity index (χ0n) is 11.3. The molecule has 0 saturated heterocycles. The molecule has 0 saturated carbocycles. The van der Waals surface area contributed by atoms with Crippen LogP contribution in [0.5, 0.6) is 0 Å². The molecule has 0 bridgehead atoms. The Morgan fingerprint density at radius 2 is 1.65 bits per heavy atom. The zero-order valence-corrected chi connectivity index (χ0v) is 12.1. The fourth-order valence-electron chi connectivity index (χ4n) is 1.68. The molecule has 0 aliphatic carbocycles. The molecule has 0 amide bonds. The summed E-state index contributed by atoms with van der Waals surface area (Å²) >= 11 is 1.80. The summed E-state index contributed by atoms with van der Waals surface area (Å²) in [4.78, 5) is 5.59. The molecule has 0 radical (unpaired) electrons. The normalized spacial score (nSPS) is 11.3. The highest BCUT2D eigenvalue weighted by atomic mass is 32.2. The average molecular weight is 285 g/mol. The van der Waals surface area contributed by atoms with Crippen LogP contribution in [0.25, 0.3) is 0 Å². The summed E-state index contributed by atoms with van der Waals surface area (Å²) in [5, 5.41) is 3.13. The van der Waals surface area contributed by atoms with Crippen molar-refractivity contribution in [1.29, 1.82) is 0 Å². The maximum absolute atomic E-state index is 5.83. The lowest BCUT2D eigenvalue weighted by atomic mass is 10.2. The fourth-order valence-corrected chi connectivity index (χ4v) is 2.47. The van der Waals surface area contributed by atoms with Gasteiger partial charge in [-0.25, -0.2) is 4.99 Å². The molecule has 0 aliphatic rings. The molecule has 4 heteroatoms. The Morgan fingerprint density at radius 3 is 2.35 bits per heavy atom. The van der Waals surface area contributed by atoms with Gasteiger partial charge in [0.05, 0.1) is 6.54 Å². The first-order valence-electron chi connectivity index (χ1n) is 6.60. The lowest BCUT2D eigenvalue weighted by Gasteiger charge is -2.05. The number of guanidine groups is 1. The molecule has 3 nitrogen and oxygen atoms in total. The van der Waals surface area contributed by atoms with E-state index < -0.39 is 0 Å². The number of thioether (sulfide) groups is 1. The Labute approximate surface area is 124 Å². The number of benzene rings is 2. The van der Waals surface area contributed by atoms with Crippen LogP contribution in [0.4, 0.5) is 0 Å². The summed E-state index contributed by atoms with van der Waals surface area (Å²) < 4.78 is 0. The van der Waals surface area contributed by atoms with E-state index in [2.05, 4.69) is 22.4 Å². The lowest BCUT2D eigenvalue weighted by Crippen LogP contribution is -2.33. The standard InChI is InChI=1S/C16H19N3S/c17-16(19-13-14-7-3-1-4-8-14)18-11-12-20-15-9-5-2-6-10-15/h1-10H,11-13H2,(H3,17,18,19). The molecule has 0 aliphatic heterocycles. The number of hydrogen-bond acceptors (Lipinski definition) is 2. The molecule has 0 unspecified atom stereocenters. The van der Waals surface area contributed by atoms with Crippen molar-refractivity contribution in [3.05, 3.63) is 66.2 Å². The molecule has 0 atom stereocenters. The molecule has 3 N–H and O–H groups in total. The van der Waals surface area contributed by atoms with Gasteiger partial charge in [0.15, 0.2) is 5.96 Å². The number of hydrogen-bond donors (Lipinski definition) is 2. The van der Waals surface area contributed by atoms with Crippen LogP contribution in [0.1, 0.15) is 5.56 Å². The summed E-state index contributed by atoms with van der Waals surface area (Å²) in [7, 11) is 0. The third-order valence-corrected chi connectivity index (χ3v) is 3.71. The predicted molar refractivity (Wildman–Crippen MR) is 86.9 cm³/mol. The van der Waals surface area contributed by atoms with E-state index >= 15 is 0 Å². The molecule has 104 valence electrons. The number of nitrogens with one attached hydrogen (secondary N) is 1.